The van der Waals surface area contributed by atoms with Gasteiger partial charge in [-0.2, -0.15) is 4.40 Å². The molecule has 1 unspecified atom stereocenters. The van der Waals surface area contributed by atoms with E-state index in [2.05, 4.69) is 23.5 Å². The molecule has 0 radical (unpaired) electrons. The average molecular weight is 265 g/mol. The van der Waals surface area contributed by atoms with Crippen molar-refractivity contribution in [1.29, 1.82) is 0 Å². The Balaban J connectivity index is 2.68. The fourth-order valence-electron chi connectivity index (χ4n) is 1.66. The molecule has 3 heteroatoms. The van der Waals surface area contributed by atoms with Crippen molar-refractivity contribution >= 4 is 16.7 Å². The highest BCUT2D eigenvalue weighted by atomic mass is 32.2. The summed E-state index contributed by atoms with van der Waals surface area (Å²) in [6.45, 7) is 9.97. The molecule has 2 atom stereocenters. The molecule has 0 amide bonds. The lowest BCUT2D eigenvalue weighted by molar-refractivity contribution is 0.650. The summed E-state index contributed by atoms with van der Waals surface area (Å²) < 4.78 is 15.9. The van der Waals surface area contributed by atoms with Gasteiger partial charge in [-0.25, -0.2) is 4.21 Å². The highest BCUT2D eigenvalue weighted by Crippen LogP contribution is 2.20. The lowest BCUT2D eigenvalue weighted by Gasteiger charge is -2.15. The van der Waals surface area contributed by atoms with Gasteiger partial charge in [0.1, 0.15) is 11.0 Å². The standard InChI is InChI=1S/C15H23NOS/c1-12(14-9-7-6-8-10-14)11-13(2)16-18(17)15(3,4)5/h6-10,12H,11H2,1-5H3/b16-13+/t12-,18?/m1/s1. The molecule has 0 N–H and O–H groups in total. The second-order valence-electron chi connectivity index (χ2n) is 5.70. The Labute approximate surface area is 113 Å². The summed E-state index contributed by atoms with van der Waals surface area (Å²) in [7, 11) is -1.15. The van der Waals surface area contributed by atoms with E-state index in [1.807, 2.05) is 45.9 Å². The summed E-state index contributed by atoms with van der Waals surface area (Å²) in [5.41, 5.74) is 2.26. The second-order valence-corrected chi connectivity index (χ2v) is 7.61. The minimum absolute atomic E-state index is 0.281. The van der Waals surface area contributed by atoms with Crippen LogP contribution in [0.4, 0.5) is 0 Å². The average Bonchev–Trinajstić information content (AvgIpc) is 2.28. The Morgan fingerprint density at radius 3 is 2.33 bits per heavy atom. The van der Waals surface area contributed by atoms with Crippen molar-refractivity contribution in [2.75, 3.05) is 0 Å². The van der Waals surface area contributed by atoms with E-state index in [0.29, 0.717) is 5.92 Å². The molecule has 1 rings (SSSR count). The molecule has 18 heavy (non-hydrogen) atoms. The van der Waals surface area contributed by atoms with Crippen LogP contribution in [0.15, 0.2) is 34.7 Å². The van der Waals surface area contributed by atoms with Crippen molar-refractivity contribution in [1.82, 2.24) is 0 Å². The molecule has 0 aromatic heterocycles. The topological polar surface area (TPSA) is 29.4 Å². The van der Waals surface area contributed by atoms with Crippen LogP contribution < -0.4 is 0 Å². The maximum absolute atomic E-state index is 11.9. The fraction of sp³-hybridized carbons (Fsp3) is 0.533. The molecule has 2 nitrogen and oxygen atoms in total. The zero-order valence-electron chi connectivity index (χ0n) is 11.9. The quantitative estimate of drug-likeness (QED) is 0.753. The Kier molecular flexibility index (Phi) is 5.27. The second kappa shape index (κ2) is 6.28. The molecule has 0 aliphatic heterocycles. The van der Waals surface area contributed by atoms with Crippen LogP contribution in [0.1, 0.15) is 52.5 Å². The summed E-state index contributed by atoms with van der Waals surface area (Å²) in [4.78, 5) is 0. The third-order valence-electron chi connectivity index (χ3n) is 2.73. The van der Waals surface area contributed by atoms with Crippen molar-refractivity contribution in [2.45, 2.75) is 51.7 Å². The van der Waals surface area contributed by atoms with Gasteiger partial charge in [-0.05, 0) is 45.6 Å². The van der Waals surface area contributed by atoms with Crippen LogP contribution in [0.5, 0.6) is 0 Å². The first kappa shape index (κ1) is 15.1. The van der Waals surface area contributed by atoms with Gasteiger partial charge in [-0.3, -0.25) is 0 Å². The van der Waals surface area contributed by atoms with Crippen molar-refractivity contribution in [3.05, 3.63) is 35.9 Å². The van der Waals surface area contributed by atoms with Crippen LogP contribution >= 0.6 is 0 Å². The molecule has 0 spiro atoms. The lowest BCUT2D eigenvalue weighted by atomic mass is 9.96. The molecule has 0 saturated carbocycles. The summed E-state index contributed by atoms with van der Waals surface area (Å²) in [5, 5.41) is 0. The summed E-state index contributed by atoms with van der Waals surface area (Å²) >= 11 is 0. The molecule has 0 fully saturated rings. The fourth-order valence-corrected chi connectivity index (χ4v) is 2.29. The maximum atomic E-state index is 11.9. The van der Waals surface area contributed by atoms with Gasteiger partial charge in [0.15, 0.2) is 0 Å². The van der Waals surface area contributed by atoms with Crippen LogP contribution in [-0.2, 0) is 11.0 Å². The minimum Gasteiger partial charge on any atom is -0.234 e. The van der Waals surface area contributed by atoms with Gasteiger partial charge in [-0.15, -0.1) is 0 Å². The number of hydrogen-bond acceptors (Lipinski definition) is 1. The predicted molar refractivity (Wildman–Crippen MR) is 80.5 cm³/mol. The molecule has 0 bridgehead atoms. The van der Waals surface area contributed by atoms with Gasteiger partial charge in [-0.1, -0.05) is 37.3 Å². The van der Waals surface area contributed by atoms with Crippen LogP contribution in [0.25, 0.3) is 0 Å². The van der Waals surface area contributed by atoms with Crippen molar-refractivity contribution in [2.24, 2.45) is 4.40 Å². The lowest BCUT2D eigenvalue weighted by Crippen LogP contribution is -2.20. The van der Waals surface area contributed by atoms with E-state index in [0.717, 1.165) is 12.1 Å². The Bertz CT molecular complexity index is 432. The van der Waals surface area contributed by atoms with E-state index in [4.69, 9.17) is 0 Å². The smallest absolute Gasteiger partial charge is 0.144 e. The van der Waals surface area contributed by atoms with E-state index in [1.165, 1.54) is 5.56 Å². The summed E-state index contributed by atoms with van der Waals surface area (Å²) in [6.07, 6.45) is 0.853. The predicted octanol–water partition coefficient (Wildman–Crippen LogP) is 4.10. The Morgan fingerprint density at radius 1 is 1.28 bits per heavy atom. The number of benzene rings is 1. The Hall–Kier alpha value is -0.960. The summed E-state index contributed by atoms with van der Waals surface area (Å²) in [5.74, 6) is 0.409. The zero-order valence-corrected chi connectivity index (χ0v) is 12.8. The molecular weight excluding hydrogens is 242 g/mol. The molecule has 0 aliphatic carbocycles. The maximum Gasteiger partial charge on any atom is 0.144 e. The largest absolute Gasteiger partial charge is 0.234 e. The van der Waals surface area contributed by atoms with E-state index >= 15 is 0 Å². The SMILES string of the molecule is C/C(C[C@@H](C)c1ccccc1)=N\S(=O)C(C)(C)C. The molecule has 0 heterocycles. The molecule has 0 aliphatic rings. The van der Waals surface area contributed by atoms with Gasteiger partial charge < -0.3 is 0 Å². The van der Waals surface area contributed by atoms with Gasteiger partial charge in [0, 0.05) is 5.71 Å². The molecule has 0 saturated heterocycles. The molecule has 1 aromatic rings. The van der Waals surface area contributed by atoms with Gasteiger partial charge in [0.05, 0.1) is 4.75 Å². The molecular formula is C15H23NOS. The minimum atomic E-state index is -1.15. The zero-order chi connectivity index (χ0) is 13.8. The molecule has 1 aromatic carbocycles. The monoisotopic (exact) mass is 265 g/mol. The number of nitrogens with zero attached hydrogens (tertiary/aromatic N) is 1. The van der Waals surface area contributed by atoms with Crippen LogP contribution in [0, 0.1) is 0 Å². The van der Waals surface area contributed by atoms with E-state index in [-0.39, 0.29) is 4.75 Å². The van der Waals surface area contributed by atoms with Gasteiger partial charge >= 0.3 is 0 Å². The Morgan fingerprint density at radius 2 is 1.83 bits per heavy atom. The first-order chi connectivity index (χ1) is 8.30. The van der Waals surface area contributed by atoms with E-state index < -0.39 is 11.0 Å². The van der Waals surface area contributed by atoms with E-state index in [9.17, 15) is 4.21 Å². The number of rotatable bonds is 4. The van der Waals surface area contributed by atoms with Crippen molar-refractivity contribution in [3.63, 3.8) is 0 Å². The van der Waals surface area contributed by atoms with Crippen LogP contribution in [0.2, 0.25) is 0 Å². The first-order valence-electron chi connectivity index (χ1n) is 6.32. The van der Waals surface area contributed by atoms with Crippen LogP contribution in [-0.4, -0.2) is 14.7 Å². The van der Waals surface area contributed by atoms with E-state index in [1.54, 1.807) is 0 Å². The van der Waals surface area contributed by atoms with Crippen LogP contribution in [0.3, 0.4) is 0 Å². The third-order valence-corrected chi connectivity index (χ3v) is 4.26. The number of hydrogen-bond donors (Lipinski definition) is 0. The van der Waals surface area contributed by atoms with Gasteiger partial charge in [0.2, 0.25) is 0 Å². The molecule has 100 valence electrons. The third kappa shape index (κ3) is 4.73. The summed E-state index contributed by atoms with van der Waals surface area (Å²) in [6, 6.07) is 10.4. The van der Waals surface area contributed by atoms with Crippen molar-refractivity contribution in [3.8, 4) is 0 Å². The highest BCUT2D eigenvalue weighted by Gasteiger charge is 2.19. The highest BCUT2D eigenvalue weighted by molar-refractivity contribution is 7.85. The van der Waals surface area contributed by atoms with Crippen molar-refractivity contribution < 1.29 is 4.21 Å². The van der Waals surface area contributed by atoms with Gasteiger partial charge in [0.25, 0.3) is 0 Å². The first-order valence-corrected chi connectivity index (χ1v) is 7.42. The normalized spacial score (nSPS) is 16.4.